The number of ether oxygens (including phenoxy) is 1. The van der Waals surface area contributed by atoms with Crippen LogP contribution in [0.25, 0.3) is 10.9 Å². The van der Waals surface area contributed by atoms with Gasteiger partial charge in [-0.15, -0.1) is 0 Å². The maximum Gasteiger partial charge on any atom is 0.0884 e. The van der Waals surface area contributed by atoms with Gasteiger partial charge in [-0.3, -0.25) is 0 Å². The summed E-state index contributed by atoms with van der Waals surface area (Å²) < 4.78 is 6.93. The van der Waals surface area contributed by atoms with Gasteiger partial charge in [-0.05, 0) is 34.1 Å². The van der Waals surface area contributed by atoms with E-state index >= 15 is 0 Å². The molecule has 0 aliphatic rings. The molecule has 5 heteroatoms. The van der Waals surface area contributed by atoms with Crippen LogP contribution in [0.3, 0.4) is 0 Å². The predicted molar refractivity (Wildman–Crippen MR) is 72.9 cm³/mol. The number of hydrogen-bond donors (Lipinski definition) is 0. The molecule has 1 aromatic carbocycles. The van der Waals surface area contributed by atoms with E-state index in [1.165, 1.54) is 0 Å². The van der Waals surface area contributed by atoms with Crippen molar-refractivity contribution in [3.05, 3.63) is 37.9 Å². The van der Waals surface area contributed by atoms with Crippen molar-refractivity contribution in [2.45, 2.75) is 6.61 Å². The van der Waals surface area contributed by atoms with Gasteiger partial charge in [-0.1, -0.05) is 27.5 Å². The number of methoxy groups -OCH3 is 1. The number of aromatic nitrogens is 1. The first kappa shape index (κ1) is 12.3. The number of benzene rings is 1. The summed E-state index contributed by atoms with van der Waals surface area (Å²) in [6, 6.07) is 5.72. The average molecular weight is 365 g/mol. The zero-order valence-corrected chi connectivity index (χ0v) is 12.4. The zero-order chi connectivity index (χ0) is 11.7. The molecule has 0 aliphatic carbocycles. The number of nitrogens with zero attached hydrogens (tertiary/aromatic N) is 1. The van der Waals surface area contributed by atoms with Crippen molar-refractivity contribution in [2.75, 3.05) is 7.11 Å². The van der Waals surface area contributed by atoms with Crippen LogP contribution >= 0.6 is 43.5 Å². The summed E-state index contributed by atoms with van der Waals surface area (Å²) in [4.78, 5) is 4.49. The van der Waals surface area contributed by atoms with E-state index in [1.807, 2.05) is 18.2 Å². The van der Waals surface area contributed by atoms with Crippen LogP contribution in [-0.2, 0) is 11.3 Å². The Morgan fingerprint density at radius 2 is 2.06 bits per heavy atom. The Balaban J connectivity index is 2.71. The molecule has 2 nitrogen and oxygen atoms in total. The van der Waals surface area contributed by atoms with Crippen molar-refractivity contribution < 1.29 is 4.74 Å². The standard InChI is InChI=1S/C11H8Br2ClNO/c1-16-5-7-4-10(14)8-2-6(12)3-9(13)11(8)15-7/h2-4H,5H2,1H3. The molecule has 1 heterocycles. The second kappa shape index (κ2) is 5.00. The van der Waals surface area contributed by atoms with Crippen LogP contribution in [0.5, 0.6) is 0 Å². The van der Waals surface area contributed by atoms with Gasteiger partial charge < -0.3 is 4.74 Å². The highest BCUT2D eigenvalue weighted by Crippen LogP contribution is 2.32. The van der Waals surface area contributed by atoms with Crippen molar-refractivity contribution in [3.63, 3.8) is 0 Å². The van der Waals surface area contributed by atoms with Crippen LogP contribution < -0.4 is 0 Å². The Kier molecular flexibility index (Phi) is 3.85. The molecule has 1 aromatic heterocycles. The Bertz CT molecular complexity index is 545. The highest BCUT2D eigenvalue weighted by molar-refractivity contribution is 9.11. The van der Waals surface area contributed by atoms with Crippen LogP contribution in [0.2, 0.25) is 5.02 Å². The lowest BCUT2D eigenvalue weighted by molar-refractivity contribution is 0.182. The van der Waals surface area contributed by atoms with E-state index in [-0.39, 0.29) is 0 Å². The van der Waals surface area contributed by atoms with E-state index in [1.54, 1.807) is 7.11 Å². The van der Waals surface area contributed by atoms with Gasteiger partial charge in [-0.2, -0.15) is 0 Å². The fourth-order valence-corrected chi connectivity index (χ4v) is 3.07. The second-order valence-electron chi connectivity index (χ2n) is 3.31. The van der Waals surface area contributed by atoms with E-state index < -0.39 is 0 Å². The van der Waals surface area contributed by atoms with Gasteiger partial charge in [0.2, 0.25) is 0 Å². The van der Waals surface area contributed by atoms with Crippen LogP contribution in [0, 0.1) is 0 Å². The van der Waals surface area contributed by atoms with E-state index in [9.17, 15) is 0 Å². The third kappa shape index (κ3) is 2.40. The summed E-state index contributed by atoms with van der Waals surface area (Å²) in [5, 5.41) is 1.60. The topological polar surface area (TPSA) is 22.1 Å². The van der Waals surface area contributed by atoms with Gasteiger partial charge in [-0.25, -0.2) is 4.98 Å². The van der Waals surface area contributed by atoms with Crippen molar-refractivity contribution >= 4 is 54.4 Å². The largest absolute Gasteiger partial charge is 0.378 e. The summed E-state index contributed by atoms with van der Waals surface area (Å²) in [5.41, 5.74) is 1.67. The first-order valence-corrected chi connectivity index (χ1v) is 6.51. The molecule has 2 rings (SSSR count). The van der Waals surface area contributed by atoms with Crippen molar-refractivity contribution in [1.29, 1.82) is 0 Å². The molecule has 84 valence electrons. The second-order valence-corrected chi connectivity index (χ2v) is 5.49. The minimum Gasteiger partial charge on any atom is -0.378 e. The van der Waals surface area contributed by atoms with E-state index in [4.69, 9.17) is 16.3 Å². The smallest absolute Gasteiger partial charge is 0.0884 e. The van der Waals surface area contributed by atoms with Gasteiger partial charge in [0.1, 0.15) is 0 Å². The lowest BCUT2D eigenvalue weighted by atomic mass is 10.2. The minimum absolute atomic E-state index is 0.457. The van der Waals surface area contributed by atoms with Gasteiger partial charge in [0.25, 0.3) is 0 Å². The number of hydrogen-bond acceptors (Lipinski definition) is 2. The molecule has 16 heavy (non-hydrogen) atoms. The maximum absolute atomic E-state index is 6.20. The molecule has 0 fully saturated rings. The molecular formula is C11H8Br2ClNO. The third-order valence-corrected chi connectivity index (χ3v) is 3.50. The van der Waals surface area contributed by atoms with Crippen LogP contribution in [0.15, 0.2) is 27.1 Å². The zero-order valence-electron chi connectivity index (χ0n) is 8.43. The molecule has 0 N–H and O–H groups in total. The first-order valence-electron chi connectivity index (χ1n) is 4.55. The van der Waals surface area contributed by atoms with Crippen LogP contribution in [0.4, 0.5) is 0 Å². The molecule has 0 unspecified atom stereocenters. The summed E-state index contributed by atoms with van der Waals surface area (Å²) in [6.07, 6.45) is 0. The molecule has 0 saturated heterocycles. The van der Waals surface area contributed by atoms with E-state index in [2.05, 4.69) is 36.8 Å². The number of pyridine rings is 1. The fourth-order valence-electron chi connectivity index (χ4n) is 1.48. The van der Waals surface area contributed by atoms with Crippen molar-refractivity contribution in [1.82, 2.24) is 4.98 Å². The molecule has 0 amide bonds. The first-order chi connectivity index (χ1) is 7.61. The fraction of sp³-hybridized carbons (Fsp3) is 0.182. The molecule has 2 aromatic rings. The Morgan fingerprint density at radius 3 is 2.75 bits per heavy atom. The average Bonchev–Trinajstić information content (AvgIpc) is 2.20. The normalized spacial score (nSPS) is 11.0. The van der Waals surface area contributed by atoms with Crippen LogP contribution in [-0.4, -0.2) is 12.1 Å². The quantitative estimate of drug-likeness (QED) is 0.778. The molecular weight excluding hydrogens is 357 g/mol. The molecule has 0 atom stereocenters. The van der Waals surface area contributed by atoms with Crippen molar-refractivity contribution in [3.8, 4) is 0 Å². The SMILES string of the molecule is COCc1cc(Cl)c2cc(Br)cc(Br)c2n1. The molecule has 0 spiro atoms. The highest BCUT2D eigenvalue weighted by atomic mass is 79.9. The Morgan fingerprint density at radius 1 is 1.31 bits per heavy atom. The molecule has 0 bridgehead atoms. The third-order valence-electron chi connectivity index (χ3n) is 2.13. The number of halogens is 3. The molecule has 0 radical (unpaired) electrons. The number of rotatable bonds is 2. The molecule has 0 saturated carbocycles. The maximum atomic E-state index is 6.20. The van der Waals surface area contributed by atoms with E-state index in [0.29, 0.717) is 11.6 Å². The summed E-state index contributed by atoms with van der Waals surface area (Å²) in [6.45, 7) is 0.457. The van der Waals surface area contributed by atoms with Crippen molar-refractivity contribution in [2.24, 2.45) is 0 Å². The summed E-state index contributed by atoms with van der Waals surface area (Å²) in [5.74, 6) is 0. The van der Waals surface area contributed by atoms with Gasteiger partial charge in [0.05, 0.1) is 22.8 Å². The summed E-state index contributed by atoms with van der Waals surface area (Å²) >= 11 is 13.1. The monoisotopic (exact) mass is 363 g/mol. The lowest BCUT2D eigenvalue weighted by Gasteiger charge is -2.07. The van der Waals surface area contributed by atoms with Crippen LogP contribution in [0.1, 0.15) is 5.69 Å². The minimum atomic E-state index is 0.457. The predicted octanol–water partition coefficient (Wildman–Crippen LogP) is 4.56. The Labute approximate surface area is 115 Å². The Hall–Kier alpha value is -0.160. The van der Waals surface area contributed by atoms with E-state index in [0.717, 1.165) is 25.5 Å². The lowest BCUT2D eigenvalue weighted by Crippen LogP contribution is -1.94. The molecule has 0 aliphatic heterocycles. The summed E-state index contributed by atoms with van der Waals surface area (Å²) in [7, 11) is 1.64. The van der Waals surface area contributed by atoms with Gasteiger partial charge in [0.15, 0.2) is 0 Å². The highest BCUT2D eigenvalue weighted by Gasteiger charge is 2.08. The van der Waals surface area contributed by atoms with Gasteiger partial charge >= 0.3 is 0 Å². The van der Waals surface area contributed by atoms with Gasteiger partial charge in [0, 0.05) is 21.4 Å². The number of fused-ring (bicyclic) bond motifs is 1.